The SMILES string of the molecule is CCC(C)(C)NC(=O)NCc1ccc(C(=O)O)cc1. The first-order valence-corrected chi connectivity index (χ1v) is 6.22. The number of urea groups is 1. The predicted molar refractivity (Wildman–Crippen MR) is 73.1 cm³/mol. The second-order valence-corrected chi connectivity index (χ2v) is 5.05. The normalized spacial score (nSPS) is 10.9. The van der Waals surface area contributed by atoms with E-state index in [4.69, 9.17) is 5.11 Å². The van der Waals surface area contributed by atoms with Crippen LogP contribution in [-0.2, 0) is 6.54 Å². The van der Waals surface area contributed by atoms with E-state index in [1.807, 2.05) is 20.8 Å². The van der Waals surface area contributed by atoms with Crippen molar-refractivity contribution in [2.24, 2.45) is 0 Å². The van der Waals surface area contributed by atoms with Crippen LogP contribution in [0.1, 0.15) is 43.1 Å². The standard InChI is InChI=1S/C14H20N2O3/c1-4-14(2,3)16-13(19)15-9-10-5-7-11(8-6-10)12(17)18/h5-8H,4,9H2,1-3H3,(H,17,18)(H2,15,16,19). The van der Waals surface area contributed by atoms with Crippen molar-refractivity contribution in [3.8, 4) is 0 Å². The van der Waals surface area contributed by atoms with Gasteiger partial charge in [0.25, 0.3) is 0 Å². The molecule has 0 atom stereocenters. The first-order valence-electron chi connectivity index (χ1n) is 6.22. The summed E-state index contributed by atoms with van der Waals surface area (Å²) in [4.78, 5) is 22.3. The zero-order valence-electron chi connectivity index (χ0n) is 11.5. The maximum Gasteiger partial charge on any atom is 0.335 e. The van der Waals surface area contributed by atoms with Crippen molar-refractivity contribution in [2.45, 2.75) is 39.3 Å². The molecule has 0 radical (unpaired) electrons. The lowest BCUT2D eigenvalue weighted by Gasteiger charge is -2.24. The zero-order chi connectivity index (χ0) is 14.5. The van der Waals surface area contributed by atoms with Gasteiger partial charge in [-0.3, -0.25) is 0 Å². The Labute approximate surface area is 113 Å². The van der Waals surface area contributed by atoms with Gasteiger partial charge in [-0.05, 0) is 38.0 Å². The number of hydrogen-bond acceptors (Lipinski definition) is 2. The molecule has 0 heterocycles. The largest absolute Gasteiger partial charge is 0.478 e. The van der Waals surface area contributed by atoms with Gasteiger partial charge in [0.2, 0.25) is 0 Å². The van der Waals surface area contributed by atoms with Gasteiger partial charge in [-0.1, -0.05) is 19.1 Å². The van der Waals surface area contributed by atoms with Gasteiger partial charge in [-0.25, -0.2) is 9.59 Å². The molecule has 19 heavy (non-hydrogen) atoms. The summed E-state index contributed by atoms with van der Waals surface area (Å²) in [5, 5.41) is 14.4. The summed E-state index contributed by atoms with van der Waals surface area (Å²) in [6.07, 6.45) is 0.841. The van der Waals surface area contributed by atoms with Gasteiger partial charge in [0.05, 0.1) is 5.56 Å². The fourth-order valence-corrected chi connectivity index (χ4v) is 1.39. The van der Waals surface area contributed by atoms with Crippen LogP contribution in [0.2, 0.25) is 0 Å². The first kappa shape index (κ1) is 15.0. The Morgan fingerprint density at radius 2 is 1.79 bits per heavy atom. The van der Waals surface area contributed by atoms with Gasteiger partial charge >= 0.3 is 12.0 Å². The number of carbonyl (C=O) groups excluding carboxylic acids is 1. The van der Waals surface area contributed by atoms with E-state index in [-0.39, 0.29) is 17.1 Å². The lowest BCUT2D eigenvalue weighted by atomic mass is 10.0. The number of benzene rings is 1. The summed E-state index contributed by atoms with van der Waals surface area (Å²) >= 11 is 0. The summed E-state index contributed by atoms with van der Waals surface area (Å²) < 4.78 is 0. The third-order valence-electron chi connectivity index (χ3n) is 2.99. The van der Waals surface area contributed by atoms with E-state index in [1.54, 1.807) is 12.1 Å². The fourth-order valence-electron chi connectivity index (χ4n) is 1.39. The first-order chi connectivity index (χ1) is 8.84. The van der Waals surface area contributed by atoms with E-state index in [0.717, 1.165) is 12.0 Å². The average Bonchev–Trinajstić information content (AvgIpc) is 2.36. The third kappa shape index (κ3) is 4.99. The van der Waals surface area contributed by atoms with E-state index >= 15 is 0 Å². The summed E-state index contributed by atoms with van der Waals surface area (Å²) in [6, 6.07) is 6.19. The number of rotatable bonds is 5. The molecule has 0 aliphatic heterocycles. The molecular formula is C14H20N2O3. The molecule has 0 unspecified atom stereocenters. The summed E-state index contributed by atoms with van der Waals surface area (Å²) in [5.41, 5.74) is 0.854. The number of aromatic carboxylic acids is 1. The van der Waals surface area contributed by atoms with E-state index in [1.165, 1.54) is 12.1 Å². The molecule has 3 N–H and O–H groups in total. The smallest absolute Gasteiger partial charge is 0.335 e. The second-order valence-electron chi connectivity index (χ2n) is 5.05. The highest BCUT2D eigenvalue weighted by Gasteiger charge is 2.17. The number of carbonyl (C=O) groups is 2. The summed E-state index contributed by atoms with van der Waals surface area (Å²) in [6.45, 7) is 6.28. The molecule has 0 aliphatic carbocycles. The number of carboxylic acids is 1. The van der Waals surface area contributed by atoms with Crippen molar-refractivity contribution in [1.29, 1.82) is 0 Å². The van der Waals surface area contributed by atoms with Crippen molar-refractivity contribution in [3.63, 3.8) is 0 Å². The molecule has 1 aromatic rings. The number of carboxylic acid groups (broad SMARTS) is 1. The lowest BCUT2D eigenvalue weighted by molar-refractivity contribution is 0.0697. The van der Waals surface area contributed by atoms with Crippen LogP contribution in [0.4, 0.5) is 4.79 Å². The minimum atomic E-state index is -0.957. The van der Waals surface area contributed by atoms with Crippen LogP contribution in [0.3, 0.4) is 0 Å². The molecule has 0 bridgehead atoms. The van der Waals surface area contributed by atoms with Crippen LogP contribution in [0.5, 0.6) is 0 Å². The monoisotopic (exact) mass is 264 g/mol. The summed E-state index contributed by atoms with van der Waals surface area (Å²) in [7, 11) is 0. The Hall–Kier alpha value is -2.04. The van der Waals surface area contributed by atoms with Gasteiger partial charge in [-0.2, -0.15) is 0 Å². The number of amides is 2. The molecular weight excluding hydrogens is 244 g/mol. The van der Waals surface area contributed by atoms with Crippen LogP contribution < -0.4 is 10.6 Å². The van der Waals surface area contributed by atoms with E-state index in [2.05, 4.69) is 10.6 Å². The van der Waals surface area contributed by atoms with Crippen molar-refractivity contribution in [2.75, 3.05) is 0 Å². The molecule has 104 valence electrons. The van der Waals surface area contributed by atoms with Crippen molar-refractivity contribution >= 4 is 12.0 Å². The van der Waals surface area contributed by atoms with Gasteiger partial charge in [0, 0.05) is 12.1 Å². The number of nitrogens with one attached hydrogen (secondary N) is 2. The fraction of sp³-hybridized carbons (Fsp3) is 0.429. The average molecular weight is 264 g/mol. The van der Waals surface area contributed by atoms with E-state index < -0.39 is 5.97 Å². The molecule has 0 spiro atoms. The lowest BCUT2D eigenvalue weighted by Crippen LogP contribution is -2.47. The Balaban J connectivity index is 2.48. The van der Waals surface area contributed by atoms with Crippen molar-refractivity contribution in [1.82, 2.24) is 10.6 Å². The second kappa shape index (κ2) is 6.22. The van der Waals surface area contributed by atoms with Gasteiger partial charge in [0.1, 0.15) is 0 Å². The van der Waals surface area contributed by atoms with E-state index in [9.17, 15) is 9.59 Å². The minimum Gasteiger partial charge on any atom is -0.478 e. The molecule has 2 amide bonds. The molecule has 0 saturated heterocycles. The van der Waals surface area contributed by atoms with Gasteiger partial charge in [0.15, 0.2) is 0 Å². The van der Waals surface area contributed by atoms with Gasteiger partial charge < -0.3 is 15.7 Å². The predicted octanol–water partition coefficient (Wildman–Crippen LogP) is 2.37. The Morgan fingerprint density at radius 1 is 1.21 bits per heavy atom. The third-order valence-corrected chi connectivity index (χ3v) is 2.99. The highest BCUT2D eigenvalue weighted by Crippen LogP contribution is 2.07. The Bertz CT molecular complexity index is 452. The minimum absolute atomic E-state index is 0.228. The van der Waals surface area contributed by atoms with E-state index in [0.29, 0.717) is 6.54 Å². The molecule has 0 aliphatic rings. The highest BCUT2D eigenvalue weighted by atomic mass is 16.4. The Morgan fingerprint density at radius 3 is 2.26 bits per heavy atom. The van der Waals surface area contributed by atoms with Crippen LogP contribution in [0, 0.1) is 0 Å². The molecule has 0 saturated carbocycles. The zero-order valence-corrected chi connectivity index (χ0v) is 11.5. The molecule has 0 fully saturated rings. The maximum atomic E-state index is 11.6. The highest BCUT2D eigenvalue weighted by molar-refractivity contribution is 5.87. The van der Waals surface area contributed by atoms with Crippen molar-refractivity contribution < 1.29 is 14.7 Å². The summed E-state index contributed by atoms with van der Waals surface area (Å²) in [5.74, 6) is -0.957. The Kier molecular flexibility index (Phi) is 4.92. The molecule has 0 aromatic heterocycles. The number of hydrogen-bond donors (Lipinski definition) is 3. The van der Waals surface area contributed by atoms with Crippen LogP contribution >= 0.6 is 0 Å². The molecule has 5 heteroatoms. The van der Waals surface area contributed by atoms with Crippen LogP contribution in [-0.4, -0.2) is 22.6 Å². The van der Waals surface area contributed by atoms with Crippen LogP contribution in [0.15, 0.2) is 24.3 Å². The quantitative estimate of drug-likeness (QED) is 0.764. The van der Waals surface area contributed by atoms with Crippen LogP contribution in [0.25, 0.3) is 0 Å². The van der Waals surface area contributed by atoms with Gasteiger partial charge in [-0.15, -0.1) is 0 Å². The maximum absolute atomic E-state index is 11.6. The van der Waals surface area contributed by atoms with Crippen molar-refractivity contribution in [3.05, 3.63) is 35.4 Å². The molecule has 1 rings (SSSR count). The molecule has 1 aromatic carbocycles. The molecule has 5 nitrogen and oxygen atoms in total. The topological polar surface area (TPSA) is 78.4 Å².